The van der Waals surface area contributed by atoms with E-state index in [9.17, 15) is 0 Å². The first-order chi connectivity index (χ1) is 7.13. The standard InChI is InChI=1S/C11H6BrClN2/c1-6-8-3-2-7(12)4-10(8)15-11(13)9(6)5-14/h2-4H,1H3. The molecule has 0 saturated heterocycles. The summed E-state index contributed by atoms with van der Waals surface area (Å²) in [6, 6.07) is 7.80. The molecular formula is C11H6BrClN2. The van der Waals surface area contributed by atoms with Crippen molar-refractivity contribution >= 4 is 38.4 Å². The maximum Gasteiger partial charge on any atom is 0.147 e. The van der Waals surface area contributed by atoms with Gasteiger partial charge in [-0.25, -0.2) is 4.98 Å². The van der Waals surface area contributed by atoms with E-state index >= 15 is 0 Å². The molecule has 0 saturated carbocycles. The number of aryl methyl sites for hydroxylation is 1. The van der Waals surface area contributed by atoms with Crippen molar-refractivity contribution in [3.63, 3.8) is 0 Å². The summed E-state index contributed by atoms with van der Waals surface area (Å²) in [6.45, 7) is 1.88. The van der Waals surface area contributed by atoms with Gasteiger partial charge in [-0.15, -0.1) is 0 Å². The maximum absolute atomic E-state index is 8.93. The van der Waals surface area contributed by atoms with Crippen LogP contribution in [0.25, 0.3) is 10.9 Å². The van der Waals surface area contributed by atoms with Crippen molar-refractivity contribution in [1.29, 1.82) is 5.26 Å². The van der Waals surface area contributed by atoms with Gasteiger partial charge >= 0.3 is 0 Å². The topological polar surface area (TPSA) is 36.7 Å². The molecule has 1 aromatic heterocycles. The van der Waals surface area contributed by atoms with Gasteiger partial charge in [-0.05, 0) is 24.6 Å². The van der Waals surface area contributed by atoms with Crippen LogP contribution in [0.4, 0.5) is 0 Å². The summed E-state index contributed by atoms with van der Waals surface area (Å²) in [5.74, 6) is 0. The number of halogens is 2. The molecule has 0 bridgehead atoms. The van der Waals surface area contributed by atoms with Gasteiger partial charge in [-0.3, -0.25) is 0 Å². The number of pyridine rings is 1. The molecule has 2 rings (SSSR count). The average molecular weight is 282 g/mol. The second kappa shape index (κ2) is 3.80. The third kappa shape index (κ3) is 1.71. The lowest BCUT2D eigenvalue weighted by Gasteiger charge is -2.05. The summed E-state index contributed by atoms with van der Waals surface area (Å²) in [5, 5.41) is 10.2. The number of nitrogens with zero attached hydrogens (tertiary/aromatic N) is 2. The van der Waals surface area contributed by atoms with Gasteiger partial charge in [-0.2, -0.15) is 5.26 Å². The molecule has 0 aliphatic heterocycles. The number of fused-ring (bicyclic) bond motifs is 1. The molecule has 0 aliphatic rings. The van der Waals surface area contributed by atoms with Crippen LogP contribution in [-0.2, 0) is 0 Å². The van der Waals surface area contributed by atoms with Crippen molar-refractivity contribution in [2.75, 3.05) is 0 Å². The van der Waals surface area contributed by atoms with Crippen LogP contribution in [-0.4, -0.2) is 4.98 Å². The van der Waals surface area contributed by atoms with E-state index in [0.717, 1.165) is 20.9 Å². The minimum atomic E-state index is 0.264. The monoisotopic (exact) mass is 280 g/mol. The van der Waals surface area contributed by atoms with E-state index in [2.05, 4.69) is 27.0 Å². The maximum atomic E-state index is 8.93. The largest absolute Gasteiger partial charge is 0.235 e. The van der Waals surface area contributed by atoms with Crippen molar-refractivity contribution < 1.29 is 0 Å². The van der Waals surface area contributed by atoms with E-state index in [0.29, 0.717) is 5.56 Å². The first-order valence-electron chi connectivity index (χ1n) is 4.29. The molecule has 0 radical (unpaired) electrons. The molecule has 0 atom stereocenters. The summed E-state index contributed by atoms with van der Waals surface area (Å²) in [6.07, 6.45) is 0. The van der Waals surface area contributed by atoms with Gasteiger partial charge in [0.15, 0.2) is 0 Å². The van der Waals surface area contributed by atoms with E-state index in [4.69, 9.17) is 16.9 Å². The van der Waals surface area contributed by atoms with Gasteiger partial charge in [0.05, 0.1) is 11.1 Å². The molecule has 1 aromatic carbocycles. The second-order valence-electron chi connectivity index (χ2n) is 3.18. The Bertz CT molecular complexity index is 587. The lowest BCUT2D eigenvalue weighted by Crippen LogP contribution is -1.91. The van der Waals surface area contributed by atoms with E-state index in [1.807, 2.05) is 25.1 Å². The fourth-order valence-corrected chi connectivity index (χ4v) is 2.12. The van der Waals surface area contributed by atoms with Gasteiger partial charge in [0, 0.05) is 9.86 Å². The van der Waals surface area contributed by atoms with Crippen molar-refractivity contribution in [2.24, 2.45) is 0 Å². The Labute approximate surface area is 101 Å². The predicted octanol–water partition coefficient (Wildman–Crippen LogP) is 3.83. The normalized spacial score (nSPS) is 10.3. The van der Waals surface area contributed by atoms with Crippen molar-refractivity contribution in [3.05, 3.63) is 39.0 Å². The lowest BCUT2D eigenvalue weighted by atomic mass is 10.1. The molecule has 0 spiro atoms. The summed E-state index contributed by atoms with van der Waals surface area (Å²) < 4.78 is 0.947. The predicted molar refractivity (Wildman–Crippen MR) is 63.9 cm³/mol. The second-order valence-corrected chi connectivity index (χ2v) is 4.45. The molecule has 0 aliphatic carbocycles. The summed E-state index contributed by atoms with van der Waals surface area (Å²) >= 11 is 9.28. The van der Waals surface area contributed by atoms with E-state index in [1.54, 1.807) is 0 Å². The van der Waals surface area contributed by atoms with Crippen LogP contribution >= 0.6 is 27.5 Å². The minimum Gasteiger partial charge on any atom is -0.235 e. The molecule has 0 fully saturated rings. The Balaban J connectivity index is 2.92. The van der Waals surface area contributed by atoms with E-state index in [-0.39, 0.29) is 5.15 Å². The smallest absolute Gasteiger partial charge is 0.147 e. The van der Waals surface area contributed by atoms with Crippen LogP contribution in [0.2, 0.25) is 5.15 Å². The quantitative estimate of drug-likeness (QED) is 0.688. The SMILES string of the molecule is Cc1c(C#N)c(Cl)nc2cc(Br)ccc12. The first kappa shape index (κ1) is 10.4. The number of hydrogen-bond donors (Lipinski definition) is 0. The zero-order valence-corrected chi connectivity index (χ0v) is 10.2. The van der Waals surface area contributed by atoms with Gasteiger partial charge in [0.1, 0.15) is 11.2 Å². The Morgan fingerprint density at radius 3 is 2.87 bits per heavy atom. The fraction of sp³-hybridized carbons (Fsp3) is 0.0909. The highest BCUT2D eigenvalue weighted by Gasteiger charge is 2.09. The molecule has 0 unspecified atom stereocenters. The van der Waals surface area contributed by atoms with Gasteiger partial charge in [-0.1, -0.05) is 33.6 Å². The third-order valence-corrected chi connectivity index (χ3v) is 3.04. The summed E-state index contributed by atoms with van der Waals surface area (Å²) in [4.78, 5) is 4.18. The molecule has 0 N–H and O–H groups in total. The van der Waals surface area contributed by atoms with E-state index in [1.165, 1.54) is 0 Å². The molecule has 0 amide bonds. The summed E-state index contributed by atoms with van der Waals surface area (Å²) in [7, 11) is 0. The van der Waals surface area contributed by atoms with Crippen molar-refractivity contribution in [1.82, 2.24) is 4.98 Å². The molecule has 4 heteroatoms. The Morgan fingerprint density at radius 2 is 2.20 bits per heavy atom. The molecule has 1 heterocycles. The number of hydrogen-bond acceptors (Lipinski definition) is 2. The molecule has 2 nitrogen and oxygen atoms in total. The Hall–Kier alpha value is -1.11. The van der Waals surface area contributed by atoms with Crippen molar-refractivity contribution in [2.45, 2.75) is 6.92 Å². The third-order valence-electron chi connectivity index (χ3n) is 2.28. The Morgan fingerprint density at radius 1 is 1.47 bits per heavy atom. The minimum absolute atomic E-state index is 0.264. The lowest BCUT2D eigenvalue weighted by molar-refractivity contribution is 1.32. The Kier molecular flexibility index (Phi) is 2.64. The fourth-order valence-electron chi connectivity index (χ4n) is 1.50. The van der Waals surface area contributed by atoms with E-state index < -0.39 is 0 Å². The van der Waals surface area contributed by atoms with Crippen LogP contribution < -0.4 is 0 Å². The van der Waals surface area contributed by atoms with Crippen LogP contribution in [0.5, 0.6) is 0 Å². The van der Waals surface area contributed by atoms with Crippen molar-refractivity contribution in [3.8, 4) is 6.07 Å². The average Bonchev–Trinajstić information content (AvgIpc) is 2.17. The number of nitriles is 1. The zero-order valence-electron chi connectivity index (χ0n) is 7.88. The number of benzene rings is 1. The molecule has 15 heavy (non-hydrogen) atoms. The van der Waals surface area contributed by atoms with Gasteiger partial charge in [0.2, 0.25) is 0 Å². The van der Waals surface area contributed by atoms with Crippen LogP contribution in [0.3, 0.4) is 0 Å². The highest BCUT2D eigenvalue weighted by molar-refractivity contribution is 9.10. The summed E-state index contributed by atoms with van der Waals surface area (Å²) in [5.41, 5.74) is 2.12. The number of aromatic nitrogens is 1. The van der Waals surface area contributed by atoms with Crippen LogP contribution in [0, 0.1) is 18.3 Å². The molecular weight excluding hydrogens is 275 g/mol. The van der Waals surface area contributed by atoms with Crippen LogP contribution in [0.15, 0.2) is 22.7 Å². The molecule has 74 valence electrons. The highest BCUT2D eigenvalue weighted by Crippen LogP contribution is 2.27. The zero-order chi connectivity index (χ0) is 11.0. The van der Waals surface area contributed by atoms with Crippen LogP contribution in [0.1, 0.15) is 11.1 Å². The highest BCUT2D eigenvalue weighted by atomic mass is 79.9. The van der Waals surface area contributed by atoms with Gasteiger partial charge < -0.3 is 0 Å². The number of rotatable bonds is 0. The van der Waals surface area contributed by atoms with Gasteiger partial charge in [0.25, 0.3) is 0 Å². The molecule has 2 aromatic rings. The first-order valence-corrected chi connectivity index (χ1v) is 5.46.